The van der Waals surface area contributed by atoms with Crippen LogP contribution in [0.25, 0.3) is 9.40 Å². The summed E-state index contributed by atoms with van der Waals surface area (Å²) in [5, 5.41) is 0.779. The molecule has 0 radical (unpaired) electrons. The van der Waals surface area contributed by atoms with Crippen molar-refractivity contribution in [3.8, 4) is 0 Å². The Morgan fingerprint density at radius 1 is 1.18 bits per heavy atom. The summed E-state index contributed by atoms with van der Waals surface area (Å²) in [5.41, 5.74) is 0. The minimum atomic E-state index is 0.779. The normalized spacial score (nSPS) is 10.6. The van der Waals surface area contributed by atoms with Gasteiger partial charge in [-0.25, -0.2) is 0 Å². The Kier molecular flexibility index (Phi) is 1.97. The van der Waals surface area contributed by atoms with Crippen molar-refractivity contribution in [3.63, 3.8) is 0 Å². The van der Waals surface area contributed by atoms with Crippen LogP contribution in [0.1, 0.15) is 0 Å². The third-order valence-electron chi connectivity index (χ3n) is 1.29. The molecule has 0 nitrogen and oxygen atoms in total. The molecule has 0 atom stereocenters. The summed E-state index contributed by atoms with van der Waals surface area (Å²) in [6, 6.07) is 5.85. The van der Waals surface area contributed by atoms with Crippen LogP contribution < -0.4 is 0 Å². The van der Waals surface area contributed by atoms with E-state index in [-0.39, 0.29) is 0 Å². The minimum absolute atomic E-state index is 0.779. The molecule has 0 aliphatic heterocycles. The molecule has 0 N–H and O–H groups in total. The Morgan fingerprint density at radius 3 is 2.73 bits per heavy atom. The molecular formula is C7H3ClS3. The number of hydrogen-bond acceptors (Lipinski definition) is 3. The van der Waals surface area contributed by atoms with Gasteiger partial charge in [-0.2, -0.15) is 0 Å². The Morgan fingerprint density at radius 2 is 1.91 bits per heavy atom. The Balaban J connectivity index is 2.92. The molecule has 0 unspecified atom stereocenters. The van der Waals surface area contributed by atoms with Crippen molar-refractivity contribution in [3.05, 3.63) is 26.4 Å². The van der Waals surface area contributed by atoms with Crippen molar-refractivity contribution >= 4 is 55.9 Å². The van der Waals surface area contributed by atoms with E-state index in [0.717, 1.165) is 8.16 Å². The summed E-state index contributed by atoms with van der Waals surface area (Å²) >= 11 is 14.1. The molecular weight excluding hydrogens is 216 g/mol. The quantitative estimate of drug-likeness (QED) is 0.593. The van der Waals surface area contributed by atoms with E-state index in [9.17, 15) is 0 Å². The van der Waals surface area contributed by atoms with Gasteiger partial charge in [0.1, 0.15) is 3.14 Å². The highest BCUT2D eigenvalue weighted by atomic mass is 35.5. The summed E-state index contributed by atoms with van der Waals surface area (Å²) in [7, 11) is 0. The molecule has 0 aliphatic carbocycles. The molecule has 11 heavy (non-hydrogen) atoms. The molecule has 0 fully saturated rings. The molecule has 0 spiro atoms. The molecule has 0 saturated carbocycles. The van der Waals surface area contributed by atoms with Gasteiger partial charge >= 0.3 is 0 Å². The van der Waals surface area contributed by atoms with Gasteiger partial charge in [-0.05, 0) is 18.2 Å². The molecule has 0 saturated heterocycles. The average Bonchev–Trinajstić information content (AvgIpc) is 2.27. The van der Waals surface area contributed by atoms with Crippen molar-refractivity contribution in [2.75, 3.05) is 0 Å². The summed E-state index contributed by atoms with van der Waals surface area (Å²) in [4.78, 5) is 0. The van der Waals surface area contributed by atoms with E-state index in [1.807, 2.05) is 18.2 Å². The maximum atomic E-state index is 5.81. The van der Waals surface area contributed by atoms with Crippen LogP contribution >= 0.6 is 46.5 Å². The first-order valence-electron chi connectivity index (χ1n) is 2.95. The molecule has 1 aromatic heterocycles. The smallest absolute Gasteiger partial charge is 0.113 e. The molecule has 0 bridgehead atoms. The third-order valence-corrected chi connectivity index (χ3v) is 4.12. The van der Waals surface area contributed by atoms with E-state index in [0.29, 0.717) is 0 Å². The summed E-state index contributed by atoms with van der Waals surface area (Å²) in [6.45, 7) is 0. The van der Waals surface area contributed by atoms with Crippen LogP contribution in [0.3, 0.4) is 0 Å². The lowest BCUT2D eigenvalue weighted by molar-refractivity contribution is 1.87. The van der Waals surface area contributed by atoms with Crippen molar-refractivity contribution in [2.45, 2.75) is 0 Å². The predicted octanol–water partition coefficient (Wildman–Crippen LogP) is 4.35. The van der Waals surface area contributed by atoms with Crippen LogP contribution in [0.5, 0.6) is 0 Å². The molecule has 4 heteroatoms. The van der Waals surface area contributed by atoms with Crippen LogP contribution in [0.4, 0.5) is 0 Å². The first kappa shape index (κ1) is 7.68. The van der Waals surface area contributed by atoms with Crippen LogP contribution in [0.15, 0.2) is 18.2 Å². The zero-order chi connectivity index (χ0) is 7.84. The molecule has 1 aromatic carbocycles. The molecule has 0 amide bonds. The number of benzene rings is 1. The number of halogens is 1. The highest BCUT2D eigenvalue weighted by Crippen LogP contribution is 2.29. The fraction of sp³-hybridized carbons (Fsp3) is 0. The lowest BCUT2D eigenvalue weighted by atomic mass is 10.4. The minimum Gasteiger partial charge on any atom is -0.113 e. The van der Waals surface area contributed by atoms with E-state index in [4.69, 9.17) is 23.8 Å². The summed E-state index contributed by atoms with van der Waals surface area (Å²) in [6.07, 6.45) is 0. The highest BCUT2D eigenvalue weighted by Gasteiger charge is 1.97. The maximum Gasteiger partial charge on any atom is 0.144 e. The second-order valence-corrected chi connectivity index (χ2v) is 5.77. The van der Waals surface area contributed by atoms with E-state index in [1.54, 1.807) is 22.7 Å². The van der Waals surface area contributed by atoms with Crippen LogP contribution in [-0.4, -0.2) is 0 Å². The number of rotatable bonds is 0. The Bertz CT molecular complexity index is 440. The van der Waals surface area contributed by atoms with Crippen LogP contribution in [0.2, 0.25) is 5.02 Å². The molecule has 0 aliphatic rings. The topological polar surface area (TPSA) is 0 Å². The van der Waals surface area contributed by atoms with E-state index >= 15 is 0 Å². The van der Waals surface area contributed by atoms with Gasteiger partial charge in [0.15, 0.2) is 0 Å². The van der Waals surface area contributed by atoms with Gasteiger partial charge in [0.2, 0.25) is 0 Å². The summed E-state index contributed by atoms with van der Waals surface area (Å²) < 4.78 is 3.37. The zero-order valence-corrected chi connectivity index (χ0v) is 8.54. The molecule has 2 aromatic rings. The molecule has 56 valence electrons. The fourth-order valence-corrected chi connectivity index (χ4v) is 3.59. The number of hydrogen-bond donors (Lipinski definition) is 0. The van der Waals surface area contributed by atoms with Crippen LogP contribution in [-0.2, 0) is 0 Å². The Hall–Kier alpha value is 0.0400. The average molecular weight is 219 g/mol. The van der Waals surface area contributed by atoms with Crippen molar-refractivity contribution < 1.29 is 0 Å². The lowest BCUT2D eigenvalue weighted by Gasteiger charge is -1.86. The van der Waals surface area contributed by atoms with Gasteiger partial charge < -0.3 is 0 Å². The number of fused-ring (bicyclic) bond motifs is 1. The summed E-state index contributed by atoms with van der Waals surface area (Å²) in [5.74, 6) is 0. The van der Waals surface area contributed by atoms with Crippen molar-refractivity contribution in [1.29, 1.82) is 0 Å². The van der Waals surface area contributed by atoms with E-state index < -0.39 is 0 Å². The second-order valence-electron chi connectivity index (χ2n) is 2.05. The second kappa shape index (κ2) is 2.83. The van der Waals surface area contributed by atoms with Crippen LogP contribution in [0, 0.1) is 3.14 Å². The SMILES string of the molecule is S=c1sc2ccc(Cl)cc2s1. The van der Waals surface area contributed by atoms with Gasteiger partial charge in [0.25, 0.3) is 0 Å². The standard InChI is InChI=1S/C7H3ClS3/c8-4-1-2-5-6(3-4)11-7(9)10-5/h1-3H. The first-order chi connectivity index (χ1) is 5.25. The van der Waals surface area contributed by atoms with Crippen molar-refractivity contribution in [2.24, 2.45) is 0 Å². The van der Waals surface area contributed by atoms with Crippen molar-refractivity contribution in [1.82, 2.24) is 0 Å². The van der Waals surface area contributed by atoms with Gasteiger partial charge in [0, 0.05) is 14.4 Å². The monoisotopic (exact) mass is 218 g/mol. The van der Waals surface area contributed by atoms with Gasteiger partial charge in [-0.3, -0.25) is 0 Å². The maximum absolute atomic E-state index is 5.81. The molecule has 2 rings (SSSR count). The van der Waals surface area contributed by atoms with Gasteiger partial charge in [0.05, 0.1) is 0 Å². The van der Waals surface area contributed by atoms with Gasteiger partial charge in [-0.1, -0.05) is 23.8 Å². The van der Waals surface area contributed by atoms with E-state index in [2.05, 4.69) is 0 Å². The Labute approximate surface area is 82.1 Å². The largest absolute Gasteiger partial charge is 0.144 e. The van der Waals surface area contributed by atoms with Gasteiger partial charge in [-0.15, -0.1) is 22.7 Å². The predicted molar refractivity (Wildman–Crippen MR) is 55.5 cm³/mol. The lowest BCUT2D eigenvalue weighted by Crippen LogP contribution is -1.59. The molecule has 1 heterocycles. The van der Waals surface area contributed by atoms with E-state index in [1.165, 1.54) is 9.40 Å². The zero-order valence-electron chi connectivity index (χ0n) is 5.33. The highest BCUT2D eigenvalue weighted by molar-refractivity contribution is 7.77. The third kappa shape index (κ3) is 1.47. The fourth-order valence-electron chi connectivity index (χ4n) is 0.846. The first-order valence-corrected chi connectivity index (χ1v) is 5.37.